The van der Waals surface area contributed by atoms with Gasteiger partial charge in [0.05, 0.1) is 18.0 Å². The summed E-state index contributed by atoms with van der Waals surface area (Å²) in [6.07, 6.45) is 4.41. The zero-order chi connectivity index (χ0) is 41.6. The topological polar surface area (TPSA) is 201 Å². The van der Waals surface area contributed by atoms with Gasteiger partial charge >= 0.3 is 18.2 Å². The monoisotopic (exact) mass is 813 g/mol. The van der Waals surface area contributed by atoms with E-state index in [1.807, 2.05) is 51.1 Å². The minimum atomic E-state index is -4.19. The van der Waals surface area contributed by atoms with E-state index in [0.29, 0.717) is 44.9 Å². The molecule has 0 aliphatic carbocycles. The molecule has 2 aromatic rings. The van der Waals surface area contributed by atoms with Crippen LogP contribution in [0.3, 0.4) is 0 Å². The van der Waals surface area contributed by atoms with Crippen LogP contribution < -0.4 is 15.4 Å². The van der Waals surface area contributed by atoms with E-state index >= 15 is 0 Å². The molecule has 2 aliphatic heterocycles. The first-order valence-corrected chi connectivity index (χ1v) is 21.4. The molecule has 2 heterocycles. The van der Waals surface area contributed by atoms with Crippen molar-refractivity contribution < 1.29 is 47.0 Å². The maximum atomic E-state index is 13.6. The van der Waals surface area contributed by atoms with Gasteiger partial charge in [-0.25, -0.2) is 18.0 Å². The molecule has 57 heavy (non-hydrogen) atoms. The van der Waals surface area contributed by atoms with E-state index < -0.39 is 52.1 Å². The third-order valence-corrected chi connectivity index (χ3v) is 11.9. The SMILES string of the molecule is CCOC(=O)[C@H](CNC(=O)CNC(=O)C(CCC1CCN(C(=O)O)CC1)CCC1CCN(C(=O)OC(C)(C)C)CC1)NS(=O)(=O)c1ccc(-c2ccccc2)cc1. The van der Waals surface area contributed by atoms with Crippen LogP contribution in [0, 0.1) is 17.8 Å². The van der Waals surface area contributed by atoms with Crippen molar-refractivity contribution in [1.82, 2.24) is 25.2 Å². The number of rotatable bonds is 17. The maximum absolute atomic E-state index is 13.6. The van der Waals surface area contributed by atoms with Crippen LogP contribution in [0.2, 0.25) is 0 Å². The zero-order valence-corrected chi connectivity index (χ0v) is 34.4. The molecule has 0 bridgehead atoms. The van der Waals surface area contributed by atoms with Crippen LogP contribution in [-0.4, -0.2) is 111 Å². The molecule has 0 radical (unpaired) electrons. The van der Waals surface area contributed by atoms with Gasteiger partial charge in [0.2, 0.25) is 21.8 Å². The summed E-state index contributed by atoms with van der Waals surface area (Å²) in [5.74, 6) is -1.57. The van der Waals surface area contributed by atoms with E-state index in [0.717, 1.165) is 49.7 Å². The minimum Gasteiger partial charge on any atom is -0.465 e. The van der Waals surface area contributed by atoms with Gasteiger partial charge in [-0.1, -0.05) is 42.5 Å². The minimum absolute atomic E-state index is 0.00421. The number of benzene rings is 2. The van der Waals surface area contributed by atoms with Gasteiger partial charge in [-0.05, 0) is 114 Å². The van der Waals surface area contributed by atoms with Gasteiger partial charge in [-0.3, -0.25) is 14.4 Å². The first-order chi connectivity index (χ1) is 27.0. The molecule has 0 saturated carbocycles. The molecule has 2 atom stereocenters. The van der Waals surface area contributed by atoms with Crippen molar-refractivity contribution in [2.75, 3.05) is 45.9 Å². The van der Waals surface area contributed by atoms with Gasteiger partial charge in [0.15, 0.2) is 0 Å². The first kappa shape index (κ1) is 45.0. The highest BCUT2D eigenvalue weighted by atomic mass is 32.2. The van der Waals surface area contributed by atoms with Crippen LogP contribution in [0.5, 0.6) is 0 Å². The van der Waals surface area contributed by atoms with E-state index in [2.05, 4.69) is 15.4 Å². The molecular weight excluding hydrogens is 755 g/mol. The Hall–Kier alpha value is -4.70. The van der Waals surface area contributed by atoms with Crippen LogP contribution >= 0.6 is 0 Å². The summed E-state index contributed by atoms with van der Waals surface area (Å²) < 4.78 is 39.5. The van der Waals surface area contributed by atoms with Gasteiger partial charge in [0.1, 0.15) is 11.6 Å². The normalized spacial score (nSPS) is 16.6. The Morgan fingerprint density at radius 1 is 0.807 bits per heavy atom. The highest BCUT2D eigenvalue weighted by Crippen LogP contribution is 2.30. The van der Waals surface area contributed by atoms with E-state index in [-0.39, 0.29) is 36.0 Å². The van der Waals surface area contributed by atoms with Crippen molar-refractivity contribution in [1.29, 1.82) is 0 Å². The number of carboxylic acid groups (broad SMARTS) is 1. The molecule has 15 nitrogen and oxygen atoms in total. The predicted octanol–water partition coefficient (Wildman–Crippen LogP) is 5.01. The molecule has 16 heteroatoms. The fraction of sp³-hybridized carbons (Fsp3) is 0.585. The van der Waals surface area contributed by atoms with Gasteiger partial charge < -0.3 is 35.0 Å². The second-order valence-corrected chi connectivity index (χ2v) is 17.5. The molecule has 0 spiro atoms. The lowest BCUT2D eigenvalue weighted by molar-refractivity contribution is -0.145. The van der Waals surface area contributed by atoms with Crippen LogP contribution in [0.1, 0.15) is 79.1 Å². The van der Waals surface area contributed by atoms with Crippen molar-refractivity contribution >= 4 is 40.0 Å². The number of nitrogens with one attached hydrogen (secondary N) is 3. The fourth-order valence-electron chi connectivity index (χ4n) is 7.14. The highest BCUT2D eigenvalue weighted by molar-refractivity contribution is 7.89. The van der Waals surface area contributed by atoms with Gasteiger partial charge in [-0.15, -0.1) is 0 Å². The smallest absolute Gasteiger partial charge is 0.410 e. The summed E-state index contributed by atoms with van der Waals surface area (Å²) in [4.78, 5) is 66.3. The Morgan fingerprint density at radius 3 is 1.88 bits per heavy atom. The summed E-state index contributed by atoms with van der Waals surface area (Å²) >= 11 is 0. The Kier molecular flexibility index (Phi) is 16.7. The molecule has 314 valence electrons. The summed E-state index contributed by atoms with van der Waals surface area (Å²) in [6, 6.07) is 14.2. The van der Waals surface area contributed by atoms with Crippen molar-refractivity contribution in [3.63, 3.8) is 0 Å². The number of nitrogens with zero attached hydrogens (tertiary/aromatic N) is 2. The molecular formula is C41H59N5O10S. The third kappa shape index (κ3) is 14.6. The molecule has 4 rings (SSSR count). The molecule has 4 amide bonds. The van der Waals surface area contributed by atoms with Crippen LogP contribution in [-0.2, 0) is 33.9 Å². The number of carbonyl (C=O) groups is 5. The van der Waals surface area contributed by atoms with Crippen molar-refractivity contribution in [3.8, 4) is 11.1 Å². The Morgan fingerprint density at radius 2 is 1.35 bits per heavy atom. The fourth-order valence-corrected chi connectivity index (χ4v) is 8.33. The third-order valence-electron chi connectivity index (χ3n) is 10.4. The highest BCUT2D eigenvalue weighted by Gasteiger charge is 2.31. The Bertz CT molecular complexity index is 1750. The van der Waals surface area contributed by atoms with Gasteiger partial charge in [0, 0.05) is 38.6 Å². The van der Waals surface area contributed by atoms with Crippen LogP contribution in [0.25, 0.3) is 11.1 Å². The van der Waals surface area contributed by atoms with Crippen LogP contribution in [0.15, 0.2) is 59.5 Å². The van der Waals surface area contributed by atoms with E-state index in [9.17, 15) is 37.5 Å². The molecule has 4 N–H and O–H groups in total. The molecule has 2 aliphatic rings. The molecule has 2 fully saturated rings. The lowest BCUT2D eigenvalue weighted by atomic mass is 9.84. The van der Waals surface area contributed by atoms with Crippen LogP contribution in [0.4, 0.5) is 9.59 Å². The Labute approximate surface area is 336 Å². The lowest BCUT2D eigenvalue weighted by Gasteiger charge is -2.34. The standard InChI is InChI=1S/C41H59N5O10S/c1-5-55-38(49)35(44-57(53,54)34-17-15-32(16-18-34)31-9-7-6-8-10-31)27-42-36(47)28-43-37(48)33(13-11-29-19-23-45(24-20-29)39(50)51)14-12-30-21-25-46(26-22-30)40(52)56-41(2,3)4/h6-10,15-18,29-30,33,35,44H,5,11-14,19-28H2,1-4H3,(H,42,47)(H,43,48)(H,50,51)/t33?,35-/m0/s1. The summed E-state index contributed by atoms with van der Waals surface area (Å²) in [6.45, 7) is 8.34. The Balaban J connectivity index is 1.32. The zero-order valence-electron chi connectivity index (χ0n) is 33.5. The largest absolute Gasteiger partial charge is 0.465 e. The first-order valence-electron chi connectivity index (χ1n) is 19.9. The molecule has 2 saturated heterocycles. The average Bonchev–Trinajstić information content (AvgIpc) is 3.18. The summed E-state index contributed by atoms with van der Waals surface area (Å²) in [7, 11) is -4.19. The molecule has 0 aromatic heterocycles. The summed E-state index contributed by atoms with van der Waals surface area (Å²) in [5.41, 5.74) is 1.15. The quantitative estimate of drug-likeness (QED) is 0.158. The number of hydrogen-bond donors (Lipinski definition) is 4. The number of likely N-dealkylation sites (tertiary alicyclic amines) is 2. The number of esters is 1. The molecule has 2 aromatic carbocycles. The van der Waals surface area contributed by atoms with Crippen molar-refractivity contribution in [2.24, 2.45) is 17.8 Å². The van der Waals surface area contributed by atoms with E-state index in [1.165, 1.54) is 17.0 Å². The summed E-state index contributed by atoms with van der Waals surface area (Å²) in [5, 5.41) is 14.6. The second-order valence-electron chi connectivity index (χ2n) is 15.8. The van der Waals surface area contributed by atoms with Crippen molar-refractivity contribution in [3.05, 3.63) is 54.6 Å². The number of sulfonamides is 1. The number of hydrogen-bond acceptors (Lipinski definition) is 9. The van der Waals surface area contributed by atoms with Gasteiger partial charge in [0.25, 0.3) is 0 Å². The number of carbonyl (C=O) groups excluding carboxylic acids is 4. The van der Waals surface area contributed by atoms with E-state index in [1.54, 1.807) is 24.0 Å². The number of piperidine rings is 2. The van der Waals surface area contributed by atoms with Crippen molar-refractivity contribution in [2.45, 2.75) is 95.6 Å². The predicted molar refractivity (Wildman–Crippen MR) is 213 cm³/mol. The van der Waals surface area contributed by atoms with E-state index in [4.69, 9.17) is 9.47 Å². The number of ether oxygens (including phenoxy) is 2. The second kappa shape index (κ2) is 21.2. The maximum Gasteiger partial charge on any atom is 0.410 e. The molecule has 1 unspecified atom stereocenters. The lowest BCUT2D eigenvalue weighted by Crippen LogP contribution is -2.50. The average molecular weight is 814 g/mol. The van der Waals surface area contributed by atoms with Gasteiger partial charge in [-0.2, -0.15) is 4.72 Å². The number of amides is 4.